The lowest BCUT2D eigenvalue weighted by Crippen LogP contribution is -2.26. The third kappa shape index (κ3) is 6.05. The summed E-state index contributed by atoms with van der Waals surface area (Å²) in [5.41, 5.74) is 2.33. The number of methoxy groups -OCH3 is 1. The maximum absolute atomic E-state index is 13.6. The smallest absolute Gasteiger partial charge is 0.421 e. The second-order valence-electron chi connectivity index (χ2n) is 8.61. The molecule has 0 spiro atoms. The predicted molar refractivity (Wildman–Crippen MR) is 131 cm³/mol. The molecule has 1 heterocycles. The van der Waals surface area contributed by atoms with Crippen LogP contribution in [0.1, 0.15) is 35.1 Å². The normalized spacial score (nSPS) is 13.9. The molecule has 1 aromatic heterocycles. The van der Waals surface area contributed by atoms with Gasteiger partial charge in [0.2, 0.25) is 16.0 Å². The second kappa shape index (κ2) is 9.94. The fourth-order valence-electron chi connectivity index (χ4n) is 3.74. The summed E-state index contributed by atoms with van der Waals surface area (Å²) in [6, 6.07) is 9.97. The van der Waals surface area contributed by atoms with Crippen molar-refractivity contribution in [2.45, 2.75) is 44.7 Å². The number of rotatable bonds is 9. The molecule has 192 valence electrons. The summed E-state index contributed by atoms with van der Waals surface area (Å²) >= 11 is 0. The highest BCUT2D eigenvalue weighted by Gasteiger charge is 2.36. The number of anilines is 4. The third-order valence-electron chi connectivity index (χ3n) is 5.67. The molecule has 4 rings (SSSR count). The molecule has 0 unspecified atom stereocenters. The van der Waals surface area contributed by atoms with Gasteiger partial charge in [0.15, 0.2) is 0 Å². The summed E-state index contributed by atoms with van der Waals surface area (Å²) in [6.07, 6.45) is -2.63. The van der Waals surface area contributed by atoms with E-state index in [0.29, 0.717) is 29.8 Å². The first-order valence-corrected chi connectivity index (χ1v) is 12.7. The minimum Gasteiger partial charge on any atom is -0.496 e. The summed E-state index contributed by atoms with van der Waals surface area (Å²) < 4.78 is 72.7. The van der Waals surface area contributed by atoms with Gasteiger partial charge in [-0.1, -0.05) is 12.1 Å². The molecule has 2 aromatic carbocycles. The van der Waals surface area contributed by atoms with Gasteiger partial charge >= 0.3 is 6.18 Å². The zero-order valence-corrected chi connectivity index (χ0v) is 20.7. The maximum Gasteiger partial charge on any atom is 0.421 e. The van der Waals surface area contributed by atoms with E-state index in [2.05, 4.69) is 25.3 Å². The first-order valence-electron chi connectivity index (χ1n) is 11.2. The Kier molecular flexibility index (Phi) is 7.10. The first kappa shape index (κ1) is 25.7. The average molecular weight is 522 g/mol. The predicted octanol–water partition coefficient (Wildman–Crippen LogP) is 5.19. The number of hydrogen-bond acceptors (Lipinski definition) is 7. The largest absolute Gasteiger partial charge is 0.496 e. The summed E-state index contributed by atoms with van der Waals surface area (Å²) in [4.78, 5) is 7.92. The monoisotopic (exact) mass is 521 g/mol. The van der Waals surface area contributed by atoms with E-state index >= 15 is 0 Å². The van der Waals surface area contributed by atoms with Gasteiger partial charge in [-0.2, -0.15) is 18.2 Å². The van der Waals surface area contributed by atoms with E-state index in [-0.39, 0.29) is 17.7 Å². The fourth-order valence-corrected chi connectivity index (χ4v) is 5.10. The van der Waals surface area contributed by atoms with E-state index < -0.39 is 27.6 Å². The van der Waals surface area contributed by atoms with Gasteiger partial charge in [0.25, 0.3) is 0 Å². The van der Waals surface area contributed by atoms with Gasteiger partial charge in [0.1, 0.15) is 17.1 Å². The Balaban J connectivity index is 1.53. The number of hydrogen-bond donors (Lipinski definition) is 3. The van der Waals surface area contributed by atoms with Crippen LogP contribution in [0.15, 0.2) is 42.6 Å². The molecule has 0 aliphatic heterocycles. The summed E-state index contributed by atoms with van der Waals surface area (Å²) in [5.74, 6) is 0.296. The molecule has 0 radical (unpaired) electrons. The van der Waals surface area contributed by atoms with E-state index in [1.807, 2.05) is 13.8 Å². The van der Waals surface area contributed by atoms with E-state index in [1.165, 1.54) is 0 Å². The van der Waals surface area contributed by atoms with Gasteiger partial charge in [-0.25, -0.2) is 18.1 Å². The van der Waals surface area contributed by atoms with Crippen molar-refractivity contribution in [1.29, 1.82) is 0 Å². The molecule has 3 aromatic rings. The van der Waals surface area contributed by atoms with Crippen LogP contribution in [-0.2, 0) is 22.7 Å². The van der Waals surface area contributed by atoms with Crippen LogP contribution in [0.5, 0.6) is 5.75 Å². The number of benzene rings is 2. The van der Waals surface area contributed by atoms with Crippen LogP contribution in [0.4, 0.5) is 36.3 Å². The minimum absolute atomic E-state index is 0.0134. The SMILES string of the molecule is COc1c(C)cc(Nc2ncc(C(F)(F)F)c(Nc3ccc(CNS(=O)(=O)C4CC4)cc3)n2)cc1C. The Morgan fingerprint density at radius 1 is 1.03 bits per heavy atom. The number of halogens is 3. The van der Waals surface area contributed by atoms with Gasteiger partial charge in [0, 0.05) is 24.1 Å². The molecule has 1 aliphatic rings. The van der Waals surface area contributed by atoms with Crippen LogP contribution < -0.4 is 20.1 Å². The Morgan fingerprint density at radius 3 is 2.22 bits per heavy atom. The Morgan fingerprint density at radius 2 is 1.67 bits per heavy atom. The zero-order valence-electron chi connectivity index (χ0n) is 19.9. The molecule has 0 amide bonds. The molecular weight excluding hydrogens is 495 g/mol. The minimum atomic E-state index is -4.67. The quantitative estimate of drug-likeness (QED) is 0.356. The highest BCUT2D eigenvalue weighted by molar-refractivity contribution is 7.90. The lowest BCUT2D eigenvalue weighted by molar-refractivity contribution is -0.137. The number of nitrogens with zero attached hydrogens (tertiary/aromatic N) is 2. The van der Waals surface area contributed by atoms with Crippen LogP contribution in [-0.4, -0.2) is 30.7 Å². The molecule has 0 atom stereocenters. The molecule has 36 heavy (non-hydrogen) atoms. The summed E-state index contributed by atoms with van der Waals surface area (Å²) in [5, 5.41) is 5.32. The van der Waals surface area contributed by atoms with E-state index in [0.717, 1.165) is 23.1 Å². The molecule has 8 nitrogen and oxygen atoms in total. The fraction of sp³-hybridized carbons (Fsp3) is 0.333. The lowest BCUT2D eigenvalue weighted by Gasteiger charge is -2.16. The van der Waals surface area contributed by atoms with Gasteiger partial charge in [-0.3, -0.25) is 0 Å². The molecular formula is C24H26F3N5O3S. The van der Waals surface area contributed by atoms with Crippen molar-refractivity contribution in [2.24, 2.45) is 0 Å². The van der Waals surface area contributed by atoms with E-state index in [9.17, 15) is 21.6 Å². The van der Waals surface area contributed by atoms with Crippen molar-refractivity contribution in [3.05, 3.63) is 64.8 Å². The molecule has 3 N–H and O–H groups in total. The number of nitrogens with one attached hydrogen (secondary N) is 3. The molecule has 0 saturated heterocycles. The standard InChI is InChI=1S/C24H26F3N5O3S/c1-14-10-18(11-15(2)21(14)35-3)31-23-28-13-20(24(25,26)27)22(32-23)30-17-6-4-16(5-7-17)12-29-36(33,34)19-8-9-19/h4-7,10-11,13,19,29H,8-9,12H2,1-3H3,(H2,28,30,31,32). The third-order valence-corrected chi connectivity index (χ3v) is 7.57. The van der Waals surface area contributed by atoms with Crippen molar-refractivity contribution < 1.29 is 26.3 Å². The maximum atomic E-state index is 13.6. The van der Waals surface area contributed by atoms with Crippen molar-refractivity contribution in [1.82, 2.24) is 14.7 Å². The van der Waals surface area contributed by atoms with Gasteiger partial charge in [-0.15, -0.1) is 0 Å². The van der Waals surface area contributed by atoms with E-state index in [4.69, 9.17) is 4.74 Å². The highest BCUT2D eigenvalue weighted by atomic mass is 32.2. The second-order valence-corrected chi connectivity index (χ2v) is 10.7. The van der Waals surface area contributed by atoms with Crippen molar-refractivity contribution in [3.63, 3.8) is 0 Å². The number of aromatic nitrogens is 2. The van der Waals surface area contributed by atoms with E-state index in [1.54, 1.807) is 43.5 Å². The number of ether oxygens (including phenoxy) is 1. The molecule has 0 bridgehead atoms. The number of aryl methyl sites for hydroxylation is 2. The van der Waals surface area contributed by atoms with Gasteiger partial charge < -0.3 is 15.4 Å². The average Bonchev–Trinajstić information content (AvgIpc) is 3.64. The Labute approximate surface area is 207 Å². The van der Waals surface area contributed by atoms with Crippen molar-refractivity contribution in [2.75, 3.05) is 17.7 Å². The van der Waals surface area contributed by atoms with Crippen LogP contribution in [0.2, 0.25) is 0 Å². The molecule has 12 heteroatoms. The van der Waals surface area contributed by atoms with Gasteiger partial charge in [-0.05, 0) is 67.6 Å². The Hall–Kier alpha value is -3.38. The van der Waals surface area contributed by atoms with Crippen LogP contribution in [0.25, 0.3) is 0 Å². The zero-order chi connectivity index (χ0) is 26.1. The first-order chi connectivity index (χ1) is 17.0. The van der Waals surface area contributed by atoms with Gasteiger partial charge in [0.05, 0.1) is 12.4 Å². The summed E-state index contributed by atoms with van der Waals surface area (Å²) in [6.45, 7) is 3.82. The number of sulfonamides is 1. The molecule has 1 aliphatic carbocycles. The Bertz CT molecular complexity index is 1340. The highest BCUT2D eigenvalue weighted by Crippen LogP contribution is 2.36. The number of alkyl halides is 3. The lowest BCUT2D eigenvalue weighted by atomic mass is 10.1. The molecule has 1 saturated carbocycles. The molecule has 1 fully saturated rings. The van der Waals surface area contributed by atoms with Crippen LogP contribution >= 0.6 is 0 Å². The topological polar surface area (TPSA) is 105 Å². The van der Waals surface area contributed by atoms with Crippen molar-refractivity contribution >= 4 is 33.2 Å². The summed E-state index contributed by atoms with van der Waals surface area (Å²) in [7, 11) is -1.76. The van der Waals surface area contributed by atoms with Crippen LogP contribution in [0, 0.1) is 13.8 Å². The van der Waals surface area contributed by atoms with Crippen molar-refractivity contribution in [3.8, 4) is 5.75 Å². The van der Waals surface area contributed by atoms with Crippen LogP contribution in [0.3, 0.4) is 0 Å².